The number of nitrogens with zero attached hydrogens (tertiary/aromatic N) is 1. The lowest BCUT2D eigenvalue weighted by Gasteiger charge is -2.22. The van der Waals surface area contributed by atoms with Gasteiger partial charge in [0.05, 0.1) is 5.56 Å². The van der Waals surface area contributed by atoms with Gasteiger partial charge in [0.1, 0.15) is 0 Å². The molecule has 2 nitrogen and oxygen atoms in total. The molecule has 0 saturated carbocycles. The summed E-state index contributed by atoms with van der Waals surface area (Å²) in [5.74, 6) is -2.31. The maximum atomic E-state index is 13.5. The third-order valence-electron chi connectivity index (χ3n) is 3.85. The monoisotopic (exact) mass is 267 g/mol. The molecule has 1 saturated heterocycles. The highest BCUT2D eigenvalue weighted by Crippen LogP contribution is 2.20. The molecule has 1 fully saturated rings. The van der Waals surface area contributed by atoms with E-state index in [-0.39, 0.29) is 17.8 Å². The average molecular weight is 267 g/mol. The molecule has 1 aliphatic heterocycles. The number of carbonyl (C=O) groups is 1. The standard InChI is InChI=1S/C15H19F2NO/c1-2-11-5-4-9-18(11)10-8-14(19)12-6-3-7-13(16)15(12)17/h3,6-7,11H,2,4-5,8-10H2,1H3. The van der Waals surface area contributed by atoms with Crippen molar-refractivity contribution >= 4 is 5.78 Å². The summed E-state index contributed by atoms with van der Waals surface area (Å²) < 4.78 is 26.5. The van der Waals surface area contributed by atoms with Crippen molar-refractivity contribution in [1.82, 2.24) is 4.90 Å². The van der Waals surface area contributed by atoms with E-state index in [2.05, 4.69) is 11.8 Å². The van der Waals surface area contributed by atoms with E-state index in [0.29, 0.717) is 12.6 Å². The van der Waals surface area contributed by atoms with Crippen LogP contribution in [0.4, 0.5) is 8.78 Å². The zero-order chi connectivity index (χ0) is 13.8. The highest BCUT2D eigenvalue weighted by molar-refractivity contribution is 5.96. The Bertz CT molecular complexity index is 461. The number of benzene rings is 1. The number of rotatable bonds is 5. The van der Waals surface area contributed by atoms with E-state index in [1.54, 1.807) is 0 Å². The number of likely N-dealkylation sites (tertiary alicyclic amines) is 1. The van der Waals surface area contributed by atoms with Crippen molar-refractivity contribution in [2.45, 2.75) is 38.6 Å². The Morgan fingerprint density at radius 2 is 2.21 bits per heavy atom. The number of carbonyl (C=O) groups excluding carboxylic acids is 1. The molecule has 0 N–H and O–H groups in total. The highest BCUT2D eigenvalue weighted by atomic mass is 19.2. The van der Waals surface area contributed by atoms with Crippen molar-refractivity contribution in [3.8, 4) is 0 Å². The number of ketones is 1. The van der Waals surface area contributed by atoms with Crippen molar-refractivity contribution in [3.63, 3.8) is 0 Å². The zero-order valence-electron chi connectivity index (χ0n) is 11.2. The number of hydrogen-bond donors (Lipinski definition) is 0. The predicted octanol–water partition coefficient (Wildman–Crippen LogP) is 3.41. The molecule has 0 radical (unpaired) electrons. The van der Waals surface area contributed by atoms with Crippen LogP contribution >= 0.6 is 0 Å². The van der Waals surface area contributed by atoms with E-state index in [9.17, 15) is 13.6 Å². The Hall–Kier alpha value is -1.29. The molecule has 1 unspecified atom stereocenters. The van der Waals surface area contributed by atoms with Gasteiger partial charge in [0, 0.05) is 19.0 Å². The fourth-order valence-electron chi connectivity index (χ4n) is 2.75. The Labute approximate surface area is 112 Å². The third kappa shape index (κ3) is 3.18. The fourth-order valence-corrected chi connectivity index (χ4v) is 2.75. The zero-order valence-corrected chi connectivity index (χ0v) is 11.2. The Morgan fingerprint density at radius 1 is 1.42 bits per heavy atom. The van der Waals surface area contributed by atoms with Crippen LogP contribution in [0.3, 0.4) is 0 Å². The quantitative estimate of drug-likeness (QED) is 0.762. The van der Waals surface area contributed by atoms with Gasteiger partial charge in [-0.15, -0.1) is 0 Å². The first-order valence-electron chi connectivity index (χ1n) is 6.84. The van der Waals surface area contributed by atoms with Gasteiger partial charge in [-0.3, -0.25) is 9.69 Å². The van der Waals surface area contributed by atoms with Crippen LogP contribution in [0.25, 0.3) is 0 Å². The summed E-state index contributed by atoms with van der Waals surface area (Å²) in [5.41, 5.74) is -0.132. The number of halogens is 2. The minimum absolute atomic E-state index is 0.132. The van der Waals surface area contributed by atoms with Gasteiger partial charge in [-0.1, -0.05) is 13.0 Å². The molecular weight excluding hydrogens is 248 g/mol. The Balaban J connectivity index is 1.96. The normalized spacial score (nSPS) is 19.8. The minimum Gasteiger partial charge on any atom is -0.300 e. The topological polar surface area (TPSA) is 20.3 Å². The van der Waals surface area contributed by atoms with Gasteiger partial charge < -0.3 is 0 Å². The van der Waals surface area contributed by atoms with Gasteiger partial charge in [0.15, 0.2) is 17.4 Å². The van der Waals surface area contributed by atoms with Crippen molar-refractivity contribution in [2.75, 3.05) is 13.1 Å². The van der Waals surface area contributed by atoms with Crippen LogP contribution in [0.1, 0.15) is 43.0 Å². The van der Waals surface area contributed by atoms with Crippen molar-refractivity contribution < 1.29 is 13.6 Å². The van der Waals surface area contributed by atoms with Crippen LogP contribution in [0.2, 0.25) is 0 Å². The van der Waals surface area contributed by atoms with Crippen molar-refractivity contribution in [2.24, 2.45) is 0 Å². The summed E-state index contributed by atoms with van der Waals surface area (Å²) in [6, 6.07) is 4.28. The summed E-state index contributed by atoms with van der Waals surface area (Å²) in [4.78, 5) is 14.2. The first kappa shape index (κ1) is 14.1. The van der Waals surface area contributed by atoms with Crippen LogP contribution in [-0.4, -0.2) is 29.8 Å². The van der Waals surface area contributed by atoms with Crippen LogP contribution in [0, 0.1) is 11.6 Å². The van der Waals surface area contributed by atoms with Gasteiger partial charge in [0.2, 0.25) is 0 Å². The van der Waals surface area contributed by atoms with Crippen molar-refractivity contribution in [1.29, 1.82) is 0 Å². The van der Waals surface area contributed by atoms with E-state index < -0.39 is 11.6 Å². The van der Waals surface area contributed by atoms with Gasteiger partial charge in [-0.2, -0.15) is 0 Å². The largest absolute Gasteiger partial charge is 0.300 e. The average Bonchev–Trinajstić information content (AvgIpc) is 2.86. The number of Topliss-reactive ketones (excluding diaryl/α,β-unsaturated/α-hetero) is 1. The molecule has 19 heavy (non-hydrogen) atoms. The van der Waals surface area contributed by atoms with Crippen LogP contribution in [0.15, 0.2) is 18.2 Å². The van der Waals surface area contributed by atoms with E-state index >= 15 is 0 Å². The molecule has 1 aromatic carbocycles. The lowest BCUT2D eigenvalue weighted by molar-refractivity contribution is 0.0955. The van der Waals surface area contributed by atoms with Gasteiger partial charge >= 0.3 is 0 Å². The molecule has 1 aliphatic rings. The van der Waals surface area contributed by atoms with Gasteiger partial charge in [0.25, 0.3) is 0 Å². The molecule has 2 rings (SSSR count). The summed E-state index contributed by atoms with van der Waals surface area (Å²) in [5, 5.41) is 0. The SMILES string of the molecule is CCC1CCCN1CCC(=O)c1cccc(F)c1F. The Morgan fingerprint density at radius 3 is 2.95 bits per heavy atom. The second-order valence-electron chi connectivity index (χ2n) is 5.01. The molecule has 0 spiro atoms. The molecule has 104 valence electrons. The molecule has 0 amide bonds. The molecule has 1 atom stereocenters. The summed E-state index contributed by atoms with van der Waals surface area (Å²) in [7, 11) is 0. The summed E-state index contributed by atoms with van der Waals surface area (Å²) >= 11 is 0. The summed E-state index contributed by atoms with van der Waals surface area (Å²) in [6.07, 6.45) is 3.64. The summed E-state index contributed by atoms with van der Waals surface area (Å²) in [6.45, 7) is 3.77. The molecule has 1 aromatic rings. The van der Waals surface area contributed by atoms with Crippen LogP contribution in [0.5, 0.6) is 0 Å². The molecule has 4 heteroatoms. The van der Waals surface area contributed by atoms with Gasteiger partial charge in [-0.05, 0) is 37.9 Å². The maximum absolute atomic E-state index is 13.5. The first-order valence-corrected chi connectivity index (χ1v) is 6.84. The third-order valence-corrected chi connectivity index (χ3v) is 3.85. The molecule has 1 heterocycles. The van der Waals surface area contributed by atoms with E-state index in [4.69, 9.17) is 0 Å². The molecule has 0 bridgehead atoms. The number of hydrogen-bond acceptors (Lipinski definition) is 2. The van der Waals surface area contributed by atoms with Crippen LogP contribution < -0.4 is 0 Å². The first-order chi connectivity index (χ1) is 9.13. The van der Waals surface area contributed by atoms with Crippen LogP contribution in [-0.2, 0) is 0 Å². The smallest absolute Gasteiger partial charge is 0.169 e. The van der Waals surface area contributed by atoms with E-state index in [1.165, 1.54) is 18.6 Å². The lowest BCUT2D eigenvalue weighted by Crippen LogP contribution is -2.31. The highest BCUT2D eigenvalue weighted by Gasteiger charge is 2.23. The maximum Gasteiger partial charge on any atom is 0.169 e. The fraction of sp³-hybridized carbons (Fsp3) is 0.533. The van der Waals surface area contributed by atoms with E-state index in [0.717, 1.165) is 25.5 Å². The predicted molar refractivity (Wildman–Crippen MR) is 70.2 cm³/mol. The van der Waals surface area contributed by atoms with E-state index in [1.807, 2.05) is 0 Å². The van der Waals surface area contributed by atoms with Crippen molar-refractivity contribution in [3.05, 3.63) is 35.4 Å². The minimum atomic E-state index is -1.03. The second-order valence-corrected chi connectivity index (χ2v) is 5.01. The Kier molecular flexibility index (Phi) is 4.64. The molecule has 0 aliphatic carbocycles. The van der Waals surface area contributed by atoms with Gasteiger partial charge in [-0.25, -0.2) is 8.78 Å². The second kappa shape index (κ2) is 6.24. The molecule has 0 aromatic heterocycles. The molecular formula is C15H19F2NO. The lowest BCUT2D eigenvalue weighted by atomic mass is 10.1.